The first-order valence-electron chi connectivity index (χ1n) is 11.5. The highest BCUT2D eigenvalue weighted by Gasteiger charge is 2.38. The molecule has 182 valence electrons. The molecule has 35 heavy (non-hydrogen) atoms. The second-order valence-corrected chi connectivity index (χ2v) is 8.90. The fraction of sp³-hybridized carbons (Fsp3) is 0.417. The van der Waals surface area contributed by atoms with E-state index in [0.29, 0.717) is 49.2 Å². The fourth-order valence-electron chi connectivity index (χ4n) is 4.74. The second-order valence-electron chi connectivity index (χ2n) is 8.90. The van der Waals surface area contributed by atoms with E-state index in [1.54, 1.807) is 35.4 Å². The summed E-state index contributed by atoms with van der Waals surface area (Å²) in [5.74, 6) is -0.284. The number of piperidine rings is 1. The summed E-state index contributed by atoms with van der Waals surface area (Å²) in [5, 5.41) is 9.67. The molecule has 0 spiro atoms. The van der Waals surface area contributed by atoms with E-state index in [2.05, 4.69) is 15.0 Å². The van der Waals surface area contributed by atoms with Crippen molar-refractivity contribution in [1.29, 1.82) is 0 Å². The molecular weight excluding hydrogens is 450 g/mol. The lowest BCUT2D eigenvalue weighted by Crippen LogP contribution is -2.55. The first-order valence-corrected chi connectivity index (χ1v) is 11.5. The average Bonchev–Trinajstić information content (AvgIpc) is 2.89. The number of aliphatic hydroxyl groups is 1. The van der Waals surface area contributed by atoms with Crippen LogP contribution in [0.25, 0.3) is 22.3 Å². The minimum atomic E-state index is -1.03. The van der Waals surface area contributed by atoms with Crippen LogP contribution < -0.4 is 9.64 Å². The lowest BCUT2D eigenvalue weighted by Gasteiger charge is -2.43. The number of ether oxygens (including phenoxy) is 1. The molecule has 0 aliphatic carbocycles. The normalized spacial score (nSPS) is 17.5. The minimum Gasteiger partial charge on any atom is -0.467 e. The van der Waals surface area contributed by atoms with Gasteiger partial charge >= 0.3 is 12.0 Å². The molecule has 5 heterocycles. The number of nitrogens with zero attached hydrogens (tertiary/aromatic N) is 7. The Morgan fingerprint density at radius 3 is 2.51 bits per heavy atom. The number of rotatable bonds is 4. The first-order chi connectivity index (χ1) is 16.9. The van der Waals surface area contributed by atoms with Gasteiger partial charge in [-0.1, -0.05) is 0 Å². The Hall–Kier alpha value is -3.86. The van der Waals surface area contributed by atoms with Crippen molar-refractivity contribution in [1.82, 2.24) is 29.7 Å². The van der Waals surface area contributed by atoms with Crippen LogP contribution in [-0.2, 0) is 11.3 Å². The zero-order chi connectivity index (χ0) is 24.7. The number of aliphatic hydroxyl groups excluding tert-OH is 1. The number of methoxy groups -OCH3 is 1. The Bertz CT molecular complexity index is 1270. The van der Waals surface area contributed by atoms with Crippen molar-refractivity contribution >= 4 is 28.7 Å². The first kappa shape index (κ1) is 22.9. The molecule has 11 nitrogen and oxygen atoms in total. The number of pyridine rings is 2. The molecule has 2 aliphatic heterocycles. The molecule has 1 saturated heterocycles. The van der Waals surface area contributed by atoms with Gasteiger partial charge in [-0.25, -0.2) is 19.7 Å². The van der Waals surface area contributed by atoms with Gasteiger partial charge in [0, 0.05) is 55.9 Å². The molecule has 0 radical (unpaired) electrons. The summed E-state index contributed by atoms with van der Waals surface area (Å²) in [4.78, 5) is 48.6. The van der Waals surface area contributed by atoms with Crippen LogP contribution in [0.4, 0.5) is 10.5 Å². The second kappa shape index (κ2) is 9.06. The van der Waals surface area contributed by atoms with Gasteiger partial charge in [0.05, 0.1) is 30.6 Å². The summed E-state index contributed by atoms with van der Waals surface area (Å²) in [6.45, 7) is 2.86. The van der Waals surface area contributed by atoms with Crippen molar-refractivity contribution in [3.05, 3.63) is 36.3 Å². The van der Waals surface area contributed by atoms with E-state index in [1.807, 2.05) is 17.0 Å². The molecule has 3 aromatic heterocycles. The average molecular weight is 478 g/mol. The smallest absolute Gasteiger partial charge is 0.324 e. The molecule has 1 N–H and O–H groups in total. The zero-order valence-corrected chi connectivity index (χ0v) is 19.9. The molecule has 2 aliphatic rings. The van der Waals surface area contributed by atoms with Crippen LogP contribution in [0.5, 0.6) is 6.01 Å². The molecule has 1 fully saturated rings. The molecule has 11 heteroatoms. The van der Waals surface area contributed by atoms with Crippen molar-refractivity contribution < 1.29 is 19.4 Å². The van der Waals surface area contributed by atoms with Gasteiger partial charge in [-0.05, 0) is 31.9 Å². The maximum absolute atomic E-state index is 13.4. The molecule has 0 unspecified atom stereocenters. The van der Waals surface area contributed by atoms with E-state index in [1.165, 1.54) is 14.0 Å². The van der Waals surface area contributed by atoms with Crippen molar-refractivity contribution in [2.45, 2.75) is 38.5 Å². The van der Waals surface area contributed by atoms with Gasteiger partial charge in [-0.15, -0.1) is 0 Å². The fourth-order valence-corrected chi connectivity index (χ4v) is 4.74. The van der Waals surface area contributed by atoms with Gasteiger partial charge in [0.2, 0.25) is 0 Å². The summed E-state index contributed by atoms with van der Waals surface area (Å²) >= 11 is 0. The Morgan fingerprint density at radius 1 is 1.14 bits per heavy atom. The largest absolute Gasteiger partial charge is 0.467 e. The molecule has 0 saturated carbocycles. The van der Waals surface area contributed by atoms with E-state index in [0.717, 1.165) is 16.8 Å². The van der Waals surface area contributed by atoms with Crippen molar-refractivity contribution in [2.24, 2.45) is 0 Å². The number of aromatic nitrogens is 4. The number of urea groups is 1. The Morgan fingerprint density at radius 2 is 1.86 bits per heavy atom. The Balaban J connectivity index is 1.54. The highest BCUT2D eigenvalue weighted by molar-refractivity contribution is 6.04. The zero-order valence-electron chi connectivity index (χ0n) is 19.9. The highest BCUT2D eigenvalue weighted by atomic mass is 16.5. The van der Waals surface area contributed by atoms with Gasteiger partial charge < -0.3 is 19.6 Å². The van der Waals surface area contributed by atoms with Crippen LogP contribution in [0.2, 0.25) is 0 Å². The summed E-state index contributed by atoms with van der Waals surface area (Å²) in [6.07, 6.45) is 5.27. The summed E-state index contributed by atoms with van der Waals surface area (Å²) in [6, 6.07) is 3.79. The SMILES string of the molecule is COc1ncc(-c2ccc3ncc4c(c3n2)N(C2CCN(C(=O)[C@H](C)O)CC2)C(=O)N(C)C4)cn1. The van der Waals surface area contributed by atoms with E-state index >= 15 is 0 Å². The third-order valence-corrected chi connectivity index (χ3v) is 6.55. The maximum Gasteiger partial charge on any atom is 0.324 e. The number of amides is 3. The number of anilines is 1. The van der Waals surface area contributed by atoms with Crippen molar-refractivity contribution in [3.63, 3.8) is 0 Å². The Labute approximate surface area is 202 Å². The van der Waals surface area contributed by atoms with Crippen LogP contribution in [-0.4, -0.2) is 86.2 Å². The number of carbonyl (C=O) groups excluding carboxylic acids is 2. The van der Waals surface area contributed by atoms with E-state index < -0.39 is 6.10 Å². The molecule has 3 aromatic rings. The molecule has 0 bridgehead atoms. The van der Waals surface area contributed by atoms with Crippen LogP contribution in [0, 0.1) is 0 Å². The van der Waals surface area contributed by atoms with Crippen molar-refractivity contribution in [3.8, 4) is 17.3 Å². The number of fused-ring (bicyclic) bond motifs is 3. The summed E-state index contributed by atoms with van der Waals surface area (Å²) in [5.41, 5.74) is 4.39. The molecule has 3 amide bonds. The molecular formula is C24H27N7O4. The van der Waals surface area contributed by atoms with Crippen molar-refractivity contribution in [2.75, 3.05) is 32.1 Å². The van der Waals surface area contributed by atoms with E-state index in [-0.39, 0.29) is 24.0 Å². The third kappa shape index (κ3) is 4.12. The predicted octanol–water partition coefficient (Wildman–Crippen LogP) is 1.84. The van der Waals surface area contributed by atoms with E-state index in [4.69, 9.17) is 9.72 Å². The number of hydrogen-bond acceptors (Lipinski definition) is 8. The quantitative estimate of drug-likeness (QED) is 0.604. The standard InChI is InChI=1S/C24H27N7O4/c1-14(32)22(33)30-8-6-17(7-9-30)31-21-16(13-29(2)24(31)34)12-25-19-5-4-18(28-20(19)21)15-10-26-23(35-3)27-11-15/h4-5,10-12,14,17,32H,6-9,13H2,1-3H3/t14-/m0/s1. The molecule has 5 rings (SSSR count). The van der Waals surface area contributed by atoms with Crippen LogP contribution in [0.3, 0.4) is 0 Å². The highest BCUT2D eigenvalue weighted by Crippen LogP contribution is 2.37. The summed E-state index contributed by atoms with van der Waals surface area (Å²) < 4.78 is 5.05. The van der Waals surface area contributed by atoms with Gasteiger partial charge in [-0.3, -0.25) is 14.7 Å². The predicted molar refractivity (Wildman–Crippen MR) is 128 cm³/mol. The maximum atomic E-state index is 13.4. The lowest BCUT2D eigenvalue weighted by atomic mass is 9.99. The third-order valence-electron chi connectivity index (χ3n) is 6.55. The number of likely N-dealkylation sites (tertiary alicyclic amines) is 1. The minimum absolute atomic E-state index is 0.106. The van der Waals surface area contributed by atoms with Gasteiger partial charge in [0.25, 0.3) is 5.91 Å². The number of hydrogen-bond donors (Lipinski definition) is 1. The lowest BCUT2D eigenvalue weighted by molar-refractivity contribution is -0.140. The topological polar surface area (TPSA) is 125 Å². The van der Waals surface area contributed by atoms with E-state index in [9.17, 15) is 14.7 Å². The van der Waals surface area contributed by atoms with Gasteiger partial charge in [-0.2, -0.15) is 0 Å². The molecule has 0 aromatic carbocycles. The van der Waals surface area contributed by atoms with Gasteiger partial charge in [0.15, 0.2) is 0 Å². The van der Waals surface area contributed by atoms with Gasteiger partial charge in [0.1, 0.15) is 11.6 Å². The monoisotopic (exact) mass is 477 g/mol. The Kier molecular flexibility index (Phi) is 5.93. The number of carbonyl (C=O) groups is 2. The van der Waals surface area contributed by atoms with Crippen LogP contribution in [0.1, 0.15) is 25.3 Å². The summed E-state index contributed by atoms with van der Waals surface area (Å²) in [7, 11) is 3.28. The van der Waals surface area contributed by atoms with Crippen LogP contribution >= 0.6 is 0 Å². The molecule has 1 atom stereocenters. The van der Waals surface area contributed by atoms with Crippen LogP contribution in [0.15, 0.2) is 30.7 Å².